The average molecular weight is 608 g/mol. The molecule has 0 bridgehead atoms. The molecule has 0 fully saturated rings. The number of aromatic nitrogens is 1. The molecule has 3 aromatic rings. The van der Waals surface area contributed by atoms with Gasteiger partial charge in [0.15, 0.2) is 20.1 Å². The van der Waals surface area contributed by atoms with E-state index in [4.69, 9.17) is 18.6 Å². The molecule has 0 radical (unpaired) electrons. The van der Waals surface area contributed by atoms with Gasteiger partial charge in [0.25, 0.3) is 5.56 Å². The van der Waals surface area contributed by atoms with Crippen molar-refractivity contribution < 1.29 is 23.4 Å². The first-order chi connectivity index (χ1) is 16.7. The second-order valence-corrected chi connectivity index (χ2v) is 10.1. The SMILES string of the molecule is CCOC(=O)C1=C(C)N=c2s/c(=C\c3ccc(I)o3)c(=O)n2[C@H]1c1ccc(OC(C)C)c(OC)c1. The molecule has 0 spiro atoms. The molecular weight excluding hydrogens is 583 g/mol. The van der Waals surface area contributed by atoms with Gasteiger partial charge in [-0.2, -0.15) is 0 Å². The van der Waals surface area contributed by atoms with E-state index in [0.29, 0.717) is 43.4 Å². The zero-order chi connectivity index (χ0) is 25.3. The Morgan fingerprint density at radius 1 is 1.29 bits per heavy atom. The highest BCUT2D eigenvalue weighted by molar-refractivity contribution is 14.1. The summed E-state index contributed by atoms with van der Waals surface area (Å²) >= 11 is 3.31. The molecule has 1 aliphatic heterocycles. The van der Waals surface area contributed by atoms with Gasteiger partial charge in [-0.25, -0.2) is 9.79 Å². The number of hydrogen-bond acceptors (Lipinski definition) is 8. The van der Waals surface area contributed by atoms with Crippen LogP contribution in [0.25, 0.3) is 6.08 Å². The lowest BCUT2D eigenvalue weighted by molar-refractivity contribution is -0.139. The molecule has 184 valence electrons. The van der Waals surface area contributed by atoms with Crippen LogP contribution < -0.4 is 24.4 Å². The molecular formula is C25H25IN2O6S. The molecule has 0 saturated heterocycles. The third kappa shape index (κ3) is 5.08. The van der Waals surface area contributed by atoms with E-state index in [1.807, 2.05) is 26.0 Å². The molecule has 4 rings (SSSR count). The first kappa shape index (κ1) is 25.2. The Morgan fingerprint density at radius 2 is 2.06 bits per heavy atom. The first-order valence-corrected chi connectivity index (χ1v) is 12.9. The molecule has 1 atom stereocenters. The fourth-order valence-corrected chi connectivity index (χ4v) is 5.31. The van der Waals surface area contributed by atoms with Crippen LogP contribution in [0.2, 0.25) is 0 Å². The normalized spacial score (nSPS) is 15.7. The summed E-state index contributed by atoms with van der Waals surface area (Å²) in [4.78, 5) is 31.7. The van der Waals surface area contributed by atoms with Crippen LogP contribution in [-0.2, 0) is 9.53 Å². The fraction of sp³-hybridized carbons (Fsp3) is 0.320. The van der Waals surface area contributed by atoms with Gasteiger partial charge in [0, 0.05) is 6.08 Å². The monoisotopic (exact) mass is 608 g/mol. The Morgan fingerprint density at radius 3 is 2.69 bits per heavy atom. The van der Waals surface area contributed by atoms with Gasteiger partial charge in [0.2, 0.25) is 0 Å². The lowest BCUT2D eigenvalue weighted by Gasteiger charge is -2.25. The number of fused-ring (bicyclic) bond motifs is 1. The summed E-state index contributed by atoms with van der Waals surface area (Å²) < 4.78 is 25.1. The predicted molar refractivity (Wildman–Crippen MR) is 141 cm³/mol. The van der Waals surface area contributed by atoms with Crippen molar-refractivity contribution in [3.63, 3.8) is 0 Å². The molecule has 35 heavy (non-hydrogen) atoms. The number of ether oxygens (including phenoxy) is 3. The van der Waals surface area contributed by atoms with Crippen LogP contribution in [0, 0.1) is 3.77 Å². The van der Waals surface area contributed by atoms with E-state index in [9.17, 15) is 9.59 Å². The van der Waals surface area contributed by atoms with Gasteiger partial charge in [-0.3, -0.25) is 9.36 Å². The lowest BCUT2D eigenvalue weighted by atomic mass is 9.95. The van der Waals surface area contributed by atoms with E-state index in [0.717, 1.165) is 3.77 Å². The molecule has 0 unspecified atom stereocenters. The highest BCUT2D eigenvalue weighted by Crippen LogP contribution is 2.36. The van der Waals surface area contributed by atoms with Gasteiger partial charge < -0.3 is 18.6 Å². The number of hydrogen-bond donors (Lipinski definition) is 0. The number of furan rings is 1. The van der Waals surface area contributed by atoms with Crippen LogP contribution in [0.4, 0.5) is 0 Å². The molecule has 1 aromatic carbocycles. The fourth-order valence-electron chi connectivity index (χ4n) is 3.85. The number of carbonyl (C=O) groups is 1. The standard InChI is InChI=1S/C25H25IN2O6S/c1-6-32-24(30)21-14(4)27-25-28(23(29)19(35-25)12-16-8-10-20(26)34-16)22(21)15-7-9-17(33-13(2)3)18(11-15)31-5/h7-13,22H,6H2,1-5H3/b19-12-/t22-/m0/s1. The minimum Gasteiger partial charge on any atom is -0.493 e. The molecule has 2 aromatic heterocycles. The average Bonchev–Trinajstić information content (AvgIpc) is 3.35. The van der Waals surface area contributed by atoms with Gasteiger partial charge in [0.05, 0.1) is 41.7 Å². The highest BCUT2D eigenvalue weighted by atomic mass is 127. The topological polar surface area (TPSA) is 92.3 Å². The minimum atomic E-state index is -0.744. The molecule has 10 heteroatoms. The van der Waals surface area contributed by atoms with Gasteiger partial charge >= 0.3 is 5.97 Å². The summed E-state index contributed by atoms with van der Waals surface area (Å²) in [5.41, 5.74) is 1.20. The van der Waals surface area contributed by atoms with E-state index in [2.05, 4.69) is 27.6 Å². The minimum absolute atomic E-state index is 0.0469. The van der Waals surface area contributed by atoms with E-state index < -0.39 is 12.0 Å². The number of thiazole rings is 1. The summed E-state index contributed by atoms with van der Waals surface area (Å²) in [6.07, 6.45) is 1.64. The lowest BCUT2D eigenvalue weighted by Crippen LogP contribution is -2.40. The smallest absolute Gasteiger partial charge is 0.338 e. The first-order valence-electron chi connectivity index (χ1n) is 11.0. The maximum absolute atomic E-state index is 13.6. The Labute approximate surface area is 219 Å². The maximum atomic E-state index is 13.6. The van der Waals surface area contributed by atoms with Crippen molar-refractivity contribution in [2.45, 2.75) is 39.8 Å². The van der Waals surface area contributed by atoms with Gasteiger partial charge in [-0.05, 0) is 80.1 Å². The third-order valence-corrected chi connectivity index (χ3v) is 6.81. The third-order valence-electron chi connectivity index (χ3n) is 5.25. The number of rotatable bonds is 7. The van der Waals surface area contributed by atoms with Crippen molar-refractivity contribution in [3.05, 3.63) is 76.4 Å². The van der Waals surface area contributed by atoms with Crippen LogP contribution in [0.5, 0.6) is 11.5 Å². The summed E-state index contributed by atoms with van der Waals surface area (Å²) in [7, 11) is 1.55. The van der Waals surface area contributed by atoms with E-state index >= 15 is 0 Å². The maximum Gasteiger partial charge on any atom is 0.338 e. The Balaban J connectivity index is 1.94. The van der Waals surface area contributed by atoms with Crippen molar-refractivity contribution in [2.75, 3.05) is 13.7 Å². The van der Waals surface area contributed by atoms with Crippen molar-refractivity contribution in [1.29, 1.82) is 0 Å². The Kier molecular flexibility index (Phi) is 7.50. The Bertz CT molecular complexity index is 1480. The molecule has 8 nitrogen and oxygen atoms in total. The highest BCUT2D eigenvalue weighted by Gasteiger charge is 2.34. The van der Waals surface area contributed by atoms with Gasteiger partial charge in [-0.15, -0.1) is 0 Å². The molecule has 0 N–H and O–H groups in total. The number of halogens is 1. The summed E-state index contributed by atoms with van der Waals surface area (Å²) in [6.45, 7) is 7.54. The summed E-state index contributed by atoms with van der Waals surface area (Å²) in [5, 5.41) is 0. The van der Waals surface area contributed by atoms with Crippen molar-refractivity contribution in [3.8, 4) is 11.5 Å². The molecule has 0 aliphatic carbocycles. The summed E-state index contributed by atoms with van der Waals surface area (Å²) in [5.74, 6) is 1.12. The van der Waals surface area contributed by atoms with Gasteiger partial charge in [-0.1, -0.05) is 17.4 Å². The molecule has 0 saturated carbocycles. The van der Waals surface area contributed by atoms with Gasteiger partial charge in [0.1, 0.15) is 5.76 Å². The quantitative estimate of drug-likeness (QED) is 0.300. The second-order valence-electron chi connectivity index (χ2n) is 8.02. The number of carbonyl (C=O) groups excluding carboxylic acids is 1. The van der Waals surface area contributed by atoms with Crippen LogP contribution in [0.3, 0.4) is 0 Å². The summed E-state index contributed by atoms with van der Waals surface area (Å²) in [6, 6.07) is 8.27. The van der Waals surface area contributed by atoms with Crippen LogP contribution in [0.1, 0.15) is 45.1 Å². The number of esters is 1. The number of nitrogens with zero attached hydrogens (tertiary/aromatic N) is 2. The van der Waals surface area contributed by atoms with Crippen molar-refractivity contribution in [2.24, 2.45) is 4.99 Å². The number of methoxy groups -OCH3 is 1. The number of benzene rings is 1. The van der Waals surface area contributed by atoms with Crippen molar-refractivity contribution in [1.82, 2.24) is 4.57 Å². The molecule has 3 heterocycles. The van der Waals surface area contributed by atoms with E-state index in [1.54, 1.807) is 45.2 Å². The number of allylic oxidation sites excluding steroid dienone is 1. The van der Waals surface area contributed by atoms with E-state index in [1.165, 1.54) is 15.9 Å². The molecule has 0 amide bonds. The van der Waals surface area contributed by atoms with Crippen LogP contribution >= 0.6 is 33.9 Å². The van der Waals surface area contributed by atoms with E-state index in [-0.39, 0.29) is 18.3 Å². The predicted octanol–water partition coefficient (Wildman–Crippen LogP) is 3.79. The Hall–Kier alpha value is -2.86. The largest absolute Gasteiger partial charge is 0.493 e. The zero-order valence-corrected chi connectivity index (χ0v) is 22.9. The van der Waals surface area contributed by atoms with Crippen LogP contribution in [0.15, 0.2) is 55.8 Å². The second kappa shape index (κ2) is 10.4. The van der Waals surface area contributed by atoms with Crippen molar-refractivity contribution >= 4 is 46.0 Å². The zero-order valence-electron chi connectivity index (χ0n) is 20.0. The molecule has 1 aliphatic rings. The van der Waals surface area contributed by atoms with Crippen LogP contribution in [-0.4, -0.2) is 30.4 Å².